The average molecular weight is 288 g/mol. The minimum atomic E-state index is -0.759. The Kier molecular flexibility index (Phi) is 3.45. The number of aliphatic carboxylic acids is 1. The van der Waals surface area contributed by atoms with Crippen molar-refractivity contribution < 1.29 is 14.7 Å². The fourth-order valence-electron chi connectivity index (χ4n) is 3.02. The second kappa shape index (κ2) is 5.15. The summed E-state index contributed by atoms with van der Waals surface area (Å²) in [6.07, 6.45) is 1.39. The van der Waals surface area contributed by atoms with Crippen LogP contribution in [0.2, 0.25) is 0 Å². The van der Waals surface area contributed by atoms with E-state index >= 15 is 0 Å². The molecule has 1 aromatic carbocycles. The number of rotatable bonds is 4. The van der Waals surface area contributed by atoms with Crippen molar-refractivity contribution in [3.63, 3.8) is 0 Å². The van der Waals surface area contributed by atoms with Crippen LogP contribution < -0.4 is 10.6 Å². The molecule has 2 fully saturated rings. The molecule has 112 valence electrons. The Labute approximate surface area is 123 Å². The van der Waals surface area contributed by atoms with Crippen molar-refractivity contribution in [2.45, 2.75) is 25.2 Å². The van der Waals surface area contributed by atoms with Crippen LogP contribution in [0.4, 0.5) is 5.69 Å². The Balaban J connectivity index is 1.68. The first-order chi connectivity index (χ1) is 10.0. The molecule has 5 heteroatoms. The summed E-state index contributed by atoms with van der Waals surface area (Å²) in [4.78, 5) is 23.5. The second-order valence-electron chi connectivity index (χ2n) is 6.20. The molecule has 2 aliphatic rings. The first kappa shape index (κ1) is 14.1. The highest BCUT2D eigenvalue weighted by Crippen LogP contribution is 2.48. The Morgan fingerprint density at radius 1 is 1.24 bits per heavy atom. The molecule has 0 bridgehead atoms. The predicted molar refractivity (Wildman–Crippen MR) is 79.1 cm³/mol. The van der Waals surface area contributed by atoms with Crippen LogP contribution in [0, 0.1) is 11.8 Å². The maximum atomic E-state index is 12.2. The summed E-state index contributed by atoms with van der Waals surface area (Å²) in [5, 5.41) is 15.4. The maximum Gasteiger partial charge on any atom is 0.314 e. The van der Waals surface area contributed by atoms with Crippen LogP contribution in [0.25, 0.3) is 0 Å². The van der Waals surface area contributed by atoms with Crippen LogP contribution in [0.15, 0.2) is 24.3 Å². The second-order valence-corrected chi connectivity index (χ2v) is 6.20. The number of hydrogen-bond donors (Lipinski definition) is 3. The lowest BCUT2D eigenvalue weighted by molar-refractivity contribution is -0.140. The van der Waals surface area contributed by atoms with E-state index in [0.29, 0.717) is 25.3 Å². The van der Waals surface area contributed by atoms with E-state index in [9.17, 15) is 14.7 Å². The van der Waals surface area contributed by atoms with Crippen LogP contribution in [0.5, 0.6) is 0 Å². The summed E-state index contributed by atoms with van der Waals surface area (Å²) < 4.78 is 0. The third-order valence-electron chi connectivity index (χ3n) is 4.72. The zero-order valence-electron chi connectivity index (χ0n) is 12.1. The standard InChI is InChI=1S/C16H20N2O3/c1-10-8-17-9-13(10)14(19)18-12-4-2-11(3-5-12)16(6-7-16)15(20)21/h2-5,10,13,17H,6-9H2,1H3,(H,18,19)(H,20,21). The minimum Gasteiger partial charge on any atom is -0.481 e. The molecular formula is C16H20N2O3. The van der Waals surface area contributed by atoms with E-state index in [1.807, 2.05) is 12.1 Å². The van der Waals surface area contributed by atoms with Crippen LogP contribution in [0.1, 0.15) is 25.3 Å². The van der Waals surface area contributed by atoms with E-state index in [1.165, 1.54) is 0 Å². The third-order valence-corrected chi connectivity index (χ3v) is 4.72. The molecule has 2 atom stereocenters. The Morgan fingerprint density at radius 3 is 2.38 bits per heavy atom. The van der Waals surface area contributed by atoms with Gasteiger partial charge in [-0.05, 0) is 43.0 Å². The number of carbonyl (C=O) groups is 2. The van der Waals surface area contributed by atoms with E-state index in [1.54, 1.807) is 12.1 Å². The first-order valence-corrected chi connectivity index (χ1v) is 7.38. The molecule has 1 saturated carbocycles. The molecule has 0 radical (unpaired) electrons. The SMILES string of the molecule is CC1CNCC1C(=O)Nc1ccc(C2(C(=O)O)CC2)cc1. The molecule has 3 N–H and O–H groups in total. The average Bonchev–Trinajstić information content (AvgIpc) is 3.16. The third kappa shape index (κ3) is 2.53. The summed E-state index contributed by atoms with van der Waals surface area (Å²) in [7, 11) is 0. The quantitative estimate of drug-likeness (QED) is 0.786. The fraction of sp³-hybridized carbons (Fsp3) is 0.500. The molecule has 5 nitrogen and oxygen atoms in total. The summed E-state index contributed by atoms with van der Waals surface area (Å²) in [5.74, 6) is -0.394. The summed E-state index contributed by atoms with van der Waals surface area (Å²) >= 11 is 0. The van der Waals surface area contributed by atoms with Crippen molar-refractivity contribution >= 4 is 17.6 Å². The molecular weight excluding hydrogens is 268 g/mol. The Bertz CT molecular complexity index is 563. The highest BCUT2D eigenvalue weighted by molar-refractivity contribution is 5.93. The number of carboxylic acids is 1. The van der Waals surface area contributed by atoms with Gasteiger partial charge in [0.05, 0.1) is 11.3 Å². The summed E-state index contributed by atoms with van der Waals surface area (Å²) in [5.41, 5.74) is 0.861. The molecule has 1 aromatic rings. The number of nitrogens with one attached hydrogen (secondary N) is 2. The van der Waals surface area contributed by atoms with Crippen molar-refractivity contribution in [1.29, 1.82) is 0 Å². The summed E-state index contributed by atoms with van der Waals surface area (Å²) in [6, 6.07) is 7.21. The molecule has 0 aromatic heterocycles. The van der Waals surface area contributed by atoms with Gasteiger partial charge in [0.2, 0.25) is 5.91 Å². The van der Waals surface area contributed by atoms with Crippen LogP contribution in [0.3, 0.4) is 0 Å². The lowest BCUT2D eigenvalue weighted by Gasteiger charge is -2.15. The monoisotopic (exact) mass is 288 g/mol. The van der Waals surface area contributed by atoms with E-state index < -0.39 is 11.4 Å². The molecule has 1 aliphatic heterocycles. The fourth-order valence-corrected chi connectivity index (χ4v) is 3.02. The van der Waals surface area contributed by atoms with Crippen molar-refractivity contribution in [3.05, 3.63) is 29.8 Å². The van der Waals surface area contributed by atoms with Gasteiger partial charge >= 0.3 is 5.97 Å². The van der Waals surface area contributed by atoms with E-state index in [2.05, 4.69) is 17.6 Å². The Morgan fingerprint density at radius 2 is 1.90 bits per heavy atom. The van der Waals surface area contributed by atoms with Crippen LogP contribution in [-0.4, -0.2) is 30.1 Å². The first-order valence-electron chi connectivity index (χ1n) is 7.38. The lowest BCUT2D eigenvalue weighted by Crippen LogP contribution is -2.27. The lowest BCUT2D eigenvalue weighted by atomic mass is 9.95. The topological polar surface area (TPSA) is 78.4 Å². The van der Waals surface area contributed by atoms with Gasteiger partial charge in [0.1, 0.15) is 0 Å². The number of anilines is 1. The minimum absolute atomic E-state index is 0.00142. The summed E-state index contributed by atoms with van der Waals surface area (Å²) in [6.45, 7) is 3.66. The van der Waals surface area contributed by atoms with Gasteiger partial charge in [-0.15, -0.1) is 0 Å². The maximum absolute atomic E-state index is 12.2. The molecule has 2 unspecified atom stereocenters. The van der Waals surface area contributed by atoms with E-state index in [-0.39, 0.29) is 11.8 Å². The number of hydrogen-bond acceptors (Lipinski definition) is 3. The van der Waals surface area contributed by atoms with Gasteiger partial charge in [0.15, 0.2) is 0 Å². The van der Waals surface area contributed by atoms with Crippen molar-refractivity contribution in [1.82, 2.24) is 5.32 Å². The molecule has 1 amide bonds. The Hall–Kier alpha value is -1.88. The van der Waals surface area contributed by atoms with E-state index in [4.69, 9.17) is 0 Å². The zero-order chi connectivity index (χ0) is 15.0. The molecule has 1 aliphatic carbocycles. The molecule has 21 heavy (non-hydrogen) atoms. The number of carbonyl (C=O) groups excluding carboxylic acids is 1. The smallest absolute Gasteiger partial charge is 0.314 e. The van der Waals surface area contributed by atoms with Gasteiger partial charge in [-0.1, -0.05) is 19.1 Å². The van der Waals surface area contributed by atoms with Gasteiger partial charge in [-0.25, -0.2) is 0 Å². The molecule has 1 heterocycles. The van der Waals surface area contributed by atoms with Gasteiger partial charge in [-0.2, -0.15) is 0 Å². The zero-order valence-corrected chi connectivity index (χ0v) is 12.1. The number of carboxylic acid groups (broad SMARTS) is 1. The van der Waals surface area contributed by atoms with Crippen LogP contribution in [-0.2, 0) is 15.0 Å². The number of amides is 1. The van der Waals surface area contributed by atoms with Crippen molar-refractivity contribution in [3.8, 4) is 0 Å². The van der Waals surface area contributed by atoms with Gasteiger partial charge < -0.3 is 15.7 Å². The van der Waals surface area contributed by atoms with Gasteiger partial charge in [0.25, 0.3) is 0 Å². The highest BCUT2D eigenvalue weighted by Gasteiger charge is 2.51. The molecule has 3 rings (SSSR count). The highest BCUT2D eigenvalue weighted by atomic mass is 16.4. The van der Waals surface area contributed by atoms with E-state index in [0.717, 1.165) is 17.8 Å². The van der Waals surface area contributed by atoms with Crippen molar-refractivity contribution in [2.24, 2.45) is 11.8 Å². The van der Waals surface area contributed by atoms with Crippen LogP contribution >= 0.6 is 0 Å². The van der Waals surface area contributed by atoms with Crippen molar-refractivity contribution in [2.75, 3.05) is 18.4 Å². The number of benzene rings is 1. The normalized spacial score (nSPS) is 26.3. The van der Waals surface area contributed by atoms with Gasteiger partial charge in [-0.3, -0.25) is 9.59 Å². The molecule has 0 spiro atoms. The predicted octanol–water partition coefficient (Wildman–Crippen LogP) is 1.60. The van der Waals surface area contributed by atoms with Gasteiger partial charge in [0, 0.05) is 12.2 Å². The largest absolute Gasteiger partial charge is 0.481 e. The molecule has 1 saturated heterocycles.